The lowest BCUT2D eigenvalue weighted by Crippen LogP contribution is -2.48. The van der Waals surface area contributed by atoms with Crippen molar-refractivity contribution in [2.75, 3.05) is 26.3 Å². The van der Waals surface area contributed by atoms with E-state index in [9.17, 15) is 36.6 Å². The van der Waals surface area contributed by atoms with Gasteiger partial charge in [0.25, 0.3) is 0 Å². The van der Waals surface area contributed by atoms with Crippen molar-refractivity contribution in [1.82, 2.24) is 19.3 Å². The lowest BCUT2D eigenvalue weighted by Gasteiger charge is -2.31. The van der Waals surface area contributed by atoms with E-state index in [1.807, 2.05) is 52.0 Å². The first kappa shape index (κ1) is 41.6. The summed E-state index contributed by atoms with van der Waals surface area (Å²) < 4.78 is 63.6. The fourth-order valence-corrected chi connectivity index (χ4v) is 8.75. The summed E-state index contributed by atoms with van der Waals surface area (Å²) in [7, 11) is -8.24. The number of nitrogens with zero attached hydrogens (tertiary/aromatic N) is 1. The average Bonchev–Trinajstić information content (AvgIpc) is 3.53. The van der Waals surface area contributed by atoms with Gasteiger partial charge in [-0.3, -0.25) is 9.59 Å². The van der Waals surface area contributed by atoms with Gasteiger partial charge in [-0.1, -0.05) is 67.4 Å². The molecule has 0 saturated carbocycles. The summed E-state index contributed by atoms with van der Waals surface area (Å²) in [5.41, 5.74) is 3.34. The van der Waals surface area contributed by atoms with Gasteiger partial charge in [-0.05, 0) is 81.3 Å². The number of rotatable bonds is 20. The van der Waals surface area contributed by atoms with Crippen LogP contribution in [-0.4, -0.2) is 92.7 Å². The molecule has 0 saturated heterocycles. The number of hydrogen-bond acceptors (Lipinski definition) is 9. The van der Waals surface area contributed by atoms with E-state index in [0.29, 0.717) is 6.42 Å². The Balaban J connectivity index is 1.50. The number of unbranched alkanes of at least 4 members (excludes halogenated alkanes) is 1. The van der Waals surface area contributed by atoms with Crippen molar-refractivity contribution < 1.29 is 41.4 Å². The fourth-order valence-electron chi connectivity index (χ4n) is 5.78. The molecule has 1 heterocycles. The minimum Gasteiger partial charge on any atom is -0.462 e. The summed E-state index contributed by atoms with van der Waals surface area (Å²) in [5.74, 6) is -1.59. The first-order chi connectivity index (χ1) is 25.1. The lowest BCUT2D eigenvalue weighted by molar-refractivity contribution is -0.152. The monoisotopic (exact) mass is 770 g/mol. The highest BCUT2D eigenvalue weighted by Crippen LogP contribution is 2.25. The third-order valence-electron chi connectivity index (χ3n) is 8.67. The van der Waals surface area contributed by atoms with Gasteiger partial charge in [0.05, 0.1) is 16.4 Å². The number of ether oxygens (including phenoxy) is 1. The SMILES string of the molecule is Cc1ccc(S(=O)(=O)N[C@@H](Cc2c[nH]c3ccccc23)C(=O)NCCCC[C@@H](C(=O)OCC(O)CO)N(CC(C)C)S(=O)(=O)c2ccc(C)cc2)cc1. The number of para-hydroxylation sites is 1. The molecule has 288 valence electrons. The summed E-state index contributed by atoms with van der Waals surface area (Å²) in [6, 6.07) is 17.7. The van der Waals surface area contributed by atoms with Gasteiger partial charge in [0, 0.05) is 30.2 Å². The van der Waals surface area contributed by atoms with Crippen LogP contribution in [-0.2, 0) is 40.8 Å². The standard InChI is InChI=1S/C38H50N4O9S2/c1-26(2)23-42(53(49,50)32-18-14-28(4)15-19-32)36(38(46)51-25-30(44)24-43)11-7-8-20-39-37(45)35(21-29-22-40-34-10-6-5-9-33(29)34)41-52(47,48)31-16-12-27(3)13-17-31/h5-6,9-10,12-19,22,26,30,35-36,40-41,43-44H,7-8,11,20-21,23-25H2,1-4H3,(H,39,45)/t30?,35-,36-/m0/s1. The van der Waals surface area contributed by atoms with Crippen LogP contribution in [0.5, 0.6) is 0 Å². The lowest BCUT2D eigenvalue weighted by atomic mass is 10.0. The van der Waals surface area contributed by atoms with Crippen LogP contribution in [0.2, 0.25) is 0 Å². The molecular weight excluding hydrogens is 721 g/mol. The van der Waals surface area contributed by atoms with Crippen LogP contribution < -0.4 is 10.0 Å². The molecule has 1 amide bonds. The van der Waals surface area contributed by atoms with Gasteiger partial charge < -0.3 is 25.3 Å². The summed E-state index contributed by atoms with van der Waals surface area (Å²) in [5, 5.41) is 22.7. The van der Waals surface area contributed by atoms with Crippen LogP contribution >= 0.6 is 0 Å². The molecule has 0 spiro atoms. The molecule has 3 atom stereocenters. The third kappa shape index (κ3) is 11.4. The number of amides is 1. The zero-order valence-electron chi connectivity index (χ0n) is 30.5. The minimum atomic E-state index is -4.17. The molecule has 0 bridgehead atoms. The second-order valence-electron chi connectivity index (χ2n) is 13.6. The molecule has 0 aliphatic rings. The Morgan fingerprint density at radius 2 is 1.51 bits per heavy atom. The van der Waals surface area contributed by atoms with Crippen molar-refractivity contribution in [2.45, 2.75) is 81.4 Å². The molecule has 0 aliphatic carbocycles. The van der Waals surface area contributed by atoms with Crippen molar-refractivity contribution in [3.05, 3.63) is 95.7 Å². The predicted molar refractivity (Wildman–Crippen MR) is 202 cm³/mol. The highest BCUT2D eigenvalue weighted by atomic mass is 32.2. The second-order valence-corrected chi connectivity index (χ2v) is 17.2. The Hall–Kier alpha value is -4.12. The Bertz CT molecular complexity index is 2030. The second kappa shape index (κ2) is 18.8. The molecule has 0 fully saturated rings. The number of carbonyl (C=O) groups is 2. The zero-order chi connectivity index (χ0) is 38.8. The third-order valence-corrected chi connectivity index (χ3v) is 12.0. The predicted octanol–water partition coefficient (Wildman–Crippen LogP) is 3.57. The Labute approximate surface area is 311 Å². The van der Waals surface area contributed by atoms with Gasteiger partial charge in [-0.15, -0.1) is 0 Å². The molecule has 0 radical (unpaired) electrons. The number of H-pyrrole nitrogens is 1. The molecule has 5 N–H and O–H groups in total. The molecule has 3 aromatic carbocycles. The maximum atomic E-state index is 13.9. The van der Waals surface area contributed by atoms with Crippen LogP contribution in [0.15, 0.2) is 88.8 Å². The first-order valence-electron chi connectivity index (χ1n) is 17.6. The van der Waals surface area contributed by atoms with E-state index in [1.165, 1.54) is 24.3 Å². The normalized spacial score (nSPS) is 14.0. The molecule has 53 heavy (non-hydrogen) atoms. The Morgan fingerprint density at radius 3 is 2.13 bits per heavy atom. The van der Waals surface area contributed by atoms with E-state index in [1.54, 1.807) is 30.5 Å². The number of nitrogens with one attached hydrogen (secondary N) is 3. The van der Waals surface area contributed by atoms with Crippen LogP contribution in [0.1, 0.15) is 49.8 Å². The molecule has 13 nitrogen and oxygen atoms in total. The van der Waals surface area contributed by atoms with Crippen molar-refractivity contribution in [3.8, 4) is 0 Å². The van der Waals surface area contributed by atoms with Crippen molar-refractivity contribution in [1.29, 1.82) is 0 Å². The molecule has 1 unspecified atom stereocenters. The van der Waals surface area contributed by atoms with E-state index in [4.69, 9.17) is 4.74 Å². The van der Waals surface area contributed by atoms with Crippen LogP contribution in [0.25, 0.3) is 10.9 Å². The molecule has 15 heteroatoms. The van der Waals surface area contributed by atoms with Gasteiger partial charge in [-0.25, -0.2) is 16.8 Å². The number of benzene rings is 3. The minimum absolute atomic E-state index is 0.00586. The molecule has 4 rings (SSSR count). The largest absolute Gasteiger partial charge is 0.462 e. The van der Waals surface area contributed by atoms with Gasteiger partial charge in [0.1, 0.15) is 24.8 Å². The Kier molecular flexibility index (Phi) is 14.7. The van der Waals surface area contributed by atoms with Gasteiger partial charge in [0.15, 0.2) is 0 Å². The zero-order valence-corrected chi connectivity index (χ0v) is 32.1. The van der Waals surface area contributed by atoms with E-state index in [-0.39, 0.29) is 48.1 Å². The summed E-state index contributed by atoms with van der Waals surface area (Å²) in [6.07, 6.45) is 1.11. The van der Waals surface area contributed by atoms with E-state index < -0.39 is 63.3 Å². The number of aryl methyl sites for hydroxylation is 2. The quantitative estimate of drug-likeness (QED) is 0.0660. The number of aliphatic hydroxyl groups excluding tert-OH is 2. The van der Waals surface area contributed by atoms with Gasteiger partial charge in [0.2, 0.25) is 26.0 Å². The number of aliphatic hydroxyl groups is 2. The summed E-state index contributed by atoms with van der Waals surface area (Å²) >= 11 is 0. The fraction of sp³-hybridized carbons (Fsp3) is 0.421. The molecule has 0 aliphatic heterocycles. The van der Waals surface area contributed by atoms with Gasteiger partial charge in [-0.2, -0.15) is 9.03 Å². The highest BCUT2D eigenvalue weighted by Gasteiger charge is 2.37. The van der Waals surface area contributed by atoms with Crippen LogP contribution in [0, 0.1) is 19.8 Å². The van der Waals surface area contributed by atoms with E-state index >= 15 is 0 Å². The summed E-state index contributed by atoms with van der Waals surface area (Å²) in [6.45, 7) is 6.28. The smallest absolute Gasteiger partial charge is 0.324 e. The van der Waals surface area contributed by atoms with Gasteiger partial charge >= 0.3 is 5.97 Å². The summed E-state index contributed by atoms with van der Waals surface area (Å²) in [4.78, 5) is 30.3. The van der Waals surface area contributed by atoms with E-state index in [2.05, 4.69) is 15.0 Å². The Morgan fingerprint density at radius 1 is 0.887 bits per heavy atom. The van der Waals surface area contributed by atoms with Crippen molar-refractivity contribution in [3.63, 3.8) is 0 Å². The number of carbonyl (C=O) groups excluding carboxylic acids is 2. The maximum absolute atomic E-state index is 13.9. The van der Waals surface area contributed by atoms with Crippen LogP contribution in [0.3, 0.4) is 0 Å². The maximum Gasteiger partial charge on any atom is 0.324 e. The van der Waals surface area contributed by atoms with Crippen molar-refractivity contribution >= 4 is 42.8 Å². The highest BCUT2D eigenvalue weighted by molar-refractivity contribution is 7.89. The first-order valence-corrected chi connectivity index (χ1v) is 20.5. The molecular formula is C38H50N4O9S2. The topological polar surface area (TPSA) is 195 Å². The average molecular weight is 771 g/mol. The number of sulfonamides is 2. The molecule has 4 aromatic rings. The van der Waals surface area contributed by atoms with E-state index in [0.717, 1.165) is 31.9 Å². The number of esters is 1. The number of fused-ring (bicyclic) bond motifs is 1. The number of hydrogen-bond donors (Lipinski definition) is 5. The molecule has 1 aromatic heterocycles. The number of aromatic nitrogens is 1. The number of aromatic amines is 1. The van der Waals surface area contributed by atoms with Crippen molar-refractivity contribution in [2.24, 2.45) is 5.92 Å². The van der Waals surface area contributed by atoms with Crippen LogP contribution in [0.4, 0.5) is 0 Å².